The van der Waals surface area contributed by atoms with Gasteiger partial charge in [-0.2, -0.15) is 0 Å². The first-order valence-electron chi connectivity index (χ1n) is 6.59. The minimum absolute atomic E-state index is 0.164. The first-order valence-corrected chi connectivity index (χ1v) is 15.5. The molecule has 18 heavy (non-hydrogen) atoms. The monoisotopic (exact) mass is 356 g/mol. The van der Waals surface area contributed by atoms with Gasteiger partial charge in [0.15, 0.2) is 0 Å². The van der Waals surface area contributed by atoms with Gasteiger partial charge in [0.1, 0.15) is 0 Å². The Kier molecular flexibility index (Phi) is 4.92. The summed E-state index contributed by atoms with van der Waals surface area (Å²) in [6.07, 6.45) is 1.62. The summed E-state index contributed by atoms with van der Waals surface area (Å²) in [6, 6.07) is 5.52. The first-order chi connectivity index (χ1) is 8.66. The predicted octanol–water partition coefficient (Wildman–Crippen LogP) is 2.91. The van der Waals surface area contributed by atoms with Crippen molar-refractivity contribution in [3.05, 3.63) is 23.8 Å². The number of hydrogen-bond donors (Lipinski definition) is 0. The Morgan fingerprint density at radius 2 is 2.22 bits per heavy atom. The van der Waals surface area contributed by atoms with E-state index in [2.05, 4.69) is 9.88 Å². The van der Waals surface area contributed by atoms with Crippen LogP contribution in [-0.4, -0.2) is 38.8 Å². The molecule has 1 aromatic carbocycles. The van der Waals surface area contributed by atoms with Crippen LogP contribution in [0.3, 0.4) is 0 Å². The van der Waals surface area contributed by atoms with Crippen LogP contribution in [0.1, 0.15) is 23.2 Å². The molecule has 0 spiro atoms. The van der Waals surface area contributed by atoms with Gasteiger partial charge < -0.3 is 0 Å². The van der Waals surface area contributed by atoms with Gasteiger partial charge in [-0.15, -0.1) is 0 Å². The van der Waals surface area contributed by atoms with Gasteiger partial charge in [-0.25, -0.2) is 0 Å². The Balaban J connectivity index is 1.92. The van der Waals surface area contributed by atoms with E-state index in [-0.39, 0.29) is 5.78 Å². The Morgan fingerprint density at radius 3 is 3.00 bits per heavy atom. The Bertz CT molecular complexity index is 429. The Morgan fingerprint density at radius 1 is 1.39 bits per heavy atom. The van der Waals surface area contributed by atoms with Gasteiger partial charge >= 0.3 is 115 Å². The molecular formula is C14H20O3Sn. The molecule has 1 aromatic rings. The summed E-state index contributed by atoms with van der Waals surface area (Å²) in [4.78, 5) is 16.5. The summed E-state index contributed by atoms with van der Waals surface area (Å²) < 4.78 is 12.6. The second-order valence-corrected chi connectivity index (χ2v) is 14.7. The van der Waals surface area contributed by atoms with Crippen LogP contribution in [0, 0.1) is 0 Å². The molecule has 4 heteroatoms. The first kappa shape index (κ1) is 13.7. The van der Waals surface area contributed by atoms with Crippen molar-refractivity contribution in [3.63, 3.8) is 0 Å². The van der Waals surface area contributed by atoms with E-state index in [0.717, 1.165) is 18.8 Å². The zero-order chi connectivity index (χ0) is 13.0. The quantitative estimate of drug-likeness (QED) is 0.602. The summed E-state index contributed by atoms with van der Waals surface area (Å²) in [7, 11) is 0. The van der Waals surface area contributed by atoms with Crippen molar-refractivity contribution in [2.75, 3.05) is 13.2 Å². The van der Waals surface area contributed by atoms with Crippen molar-refractivity contribution in [2.45, 2.75) is 27.2 Å². The van der Waals surface area contributed by atoms with E-state index < -0.39 is 19.8 Å². The third kappa shape index (κ3) is 3.64. The molecule has 0 aromatic heterocycles. The number of benzene rings is 1. The molecule has 3 nitrogen and oxygen atoms in total. The second kappa shape index (κ2) is 6.45. The molecule has 0 fully saturated rings. The molecule has 0 atom stereocenters. The van der Waals surface area contributed by atoms with E-state index in [1.54, 1.807) is 0 Å². The van der Waals surface area contributed by atoms with Crippen LogP contribution >= 0.6 is 0 Å². The third-order valence-electron chi connectivity index (χ3n) is 3.03. The minimum atomic E-state index is -1.08. The molecule has 0 aliphatic carbocycles. The molecule has 1 aliphatic heterocycles. The molecule has 0 unspecified atom stereocenters. The molecule has 0 N–H and O–H groups in total. The maximum atomic E-state index is 11.6. The number of hydrogen-bond acceptors (Lipinski definition) is 3. The van der Waals surface area contributed by atoms with E-state index >= 15 is 0 Å². The fourth-order valence-electron chi connectivity index (χ4n) is 2.01. The van der Waals surface area contributed by atoms with Crippen molar-refractivity contribution < 1.29 is 14.3 Å². The van der Waals surface area contributed by atoms with E-state index in [0.29, 0.717) is 24.3 Å². The normalized spacial score (nSPS) is 14.3. The van der Waals surface area contributed by atoms with Crippen molar-refractivity contribution in [1.82, 2.24) is 0 Å². The molecular weight excluding hydrogens is 335 g/mol. The molecule has 0 amide bonds. The number of fused-ring (bicyclic) bond motifs is 1. The van der Waals surface area contributed by atoms with Crippen molar-refractivity contribution >= 4 is 25.5 Å². The predicted molar refractivity (Wildman–Crippen MR) is 74.7 cm³/mol. The van der Waals surface area contributed by atoms with Gasteiger partial charge in [-0.1, -0.05) is 0 Å². The number of Topliss-reactive ketones (excluding diaryl/α,β-unsaturated/α-hetero) is 1. The third-order valence-corrected chi connectivity index (χ3v) is 7.50. The van der Waals surface area contributed by atoms with E-state index in [1.807, 2.05) is 18.2 Å². The molecule has 1 aliphatic rings. The number of rotatable bonds is 5. The standard InChI is InChI=1S/C12H13O3.2CH3.Sn.H/c1-2-6-14-9-3-4-10-11(13)5-7-15-12(10)8-9;;;;/h3-4,8H,1-2,5-7H2;2*1H3;;. The maximum absolute atomic E-state index is 11.6. The van der Waals surface area contributed by atoms with Gasteiger partial charge in [0.25, 0.3) is 0 Å². The summed E-state index contributed by atoms with van der Waals surface area (Å²) in [5.41, 5.74) is 0.687. The molecule has 2 rings (SSSR count). The van der Waals surface area contributed by atoms with Crippen molar-refractivity contribution in [2.24, 2.45) is 0 Å². The van der Waals surface area contributed by atoms with Gasteiger partial charge in [0, 0.05) is 0 Å². The number of ether oxygens (including phenoxy) is 2. The Hall–Kier alpha value is -0.711. The molecule has 1 heterocycles. The average molecular weight is 355 g/mol. The molecule has 0 saturated heterocycles. The zero-order valence-electron chi connectivity index (χ0n) is 11.1. The van der Waals surface area contributed by atoms with E-state index in [4.69, 9.17) is 9.47 Å². The molecule has 0 radical (unpaired) electrons. The Labute approximate surface area is 115 Å². The van der Waals surface area contributed by atoms with Crippen LogP contribution in [-0.2, 0) is 0 Å². The van der Waals surface area contributed by atoms with Crippen LogP contribution in [0.5, 0.6) is 11.5 Å². The van der Waals surface area contributed by atoms with Gasteiger partial charge in [-0.3, -0.25) is 0 Å². The number of ketones is 1. The van der Waals surface area contributed by atoms with Crippen LogP contribution in [0.2, 0.25) is 14.3 Å². The molecule has 0 bridgehead atoms. The molecule has 98 valence electrons. The van der Waals surface area contributed by atoms with Gasteiger partial charge in [0.2, 0.25) is 0 Å². The number of carbonyl (C=O) groups is 1. The summed E-state index contributed by atoms with van der Waals surface area (Å²) in [5.74, 6) is 1.64. The van der Waals surface area contributed by atoms with Crippen LogP contribution in [0.25, 0.3) is 0 Å². The fraction of sp³-hybridized carbons (Fsp3) is 0.500. The SMILES string of the molecule is [CH3][SnH]([CH3])[CH2]CCOc1ccc2c(c1)OCCC2=O. The fourth-order valence-corrected chi connectivity index (χ4v) is 4.82. The second-order valence-electron chi connectivity index (χ2n) is 5.06. The van der Waals surface area contributed by atoms with E-state index in [9.17, 15) is 4.79 Å². The molecule has 0 saturated carbocycles. The van der Waals surface area contributed by atoms with Crippen LogP contribution in [0.15, 0.2) is 18.2 Å². The average Bonchev–Trinajstić information content (AvgIpc) is 2.35. The summed E-state index contributed by atoms with van der Waals surface area (Å²) in [5, 5.41) is 0. The zero-order valence-corrected chi connectivity index (χ0v) is 14.4. The summed E-state index contributed by atoms with van der Waals surface area (Å²) in [6.45, 7) is 1.25. The van der Waals surface area contributed by atoms with Crippen molar-refractivity contribution in [3.8, 4) is 11.5 Å². The summed E-state index contributed by atoms with van der Waals surface area (Å²) >= 11 is -1.08. The van der Waals surface area contributed by atoms with E-state index in [1.165, 1.54) is 4.44 Å². The number of carbonyl (C=O) groups excluding carboxylic acids is 1. The van der Waals surface area contributed by atoms with Gasteiger partial charge in [-0.05, 0) is 0 Å². The topological polar surface area (TPSA) is 35.5 Å². The van der Waals surface area contributed by atoms with Crippen molar-refractivity contribution in [1.29, 1.82) is 0 Å². The van der Waals surface area contributed by atoms with Crippen LogP contribution < -0.4 is 9.47 Å². The van der Waals surface area contributed by atoms with Crippen LogP contribution in [0.4, 0.5) is 0 Å². The van der Waals surface area contributed by atoms with Gasteiger partial charge in [0.05, 0.1) is 0 Å².